The van der Waals surface area contributed by atoms with Gasteiger partial charge in [-0.2, -0.15) is 4.31 Å². The molecule has 1 N–H and O–H groups in total. The maximum Gasteiger partial charge on any atom is 0.243 e. The molecule has 1 saturated carbocycles. The minimum Gasteiger partial charge on any atom is -0.326 e. The molecule has 0 atom stereocenters. The van der Waals surface area contributed by atoms with Crippen LogP contribution in [-0.2, 0) is 14.8 Å². The van der Waals surface area contributed by atoms with Crippen molar-refractivity contribution in [2.24, 2.45) is 5.92 Å². The van der Waals surface area contributed by atoms with Crippen LogP contribution < -0.4 is 5.32 Å². The summed E-state index contributed by atoms with van der Waals surface area (Å²) in [4.78, 5) is 12.4. The lowest BCUT2D eigenvalue weighted by Crippen LogP contribution is -2.27. The zero-order valence-corrected chi connectivity index (χ0v) is 14.9. The number of amides is 1. The third kappa shape index (κ3) is 4.16. The number of hydrogen-bond acceptors (Lipinski definition) is 3. The molecule has 1 saturated heterocycles. The molecule has 0 spiro atoms. The van der Waals surface area contributed by atoms with Crippen molar-refractivity contribution in [3.63, 3.8) is 0 Å². The predicted molar refractivity (Wildman–Crippen MR) is 94.3 cm³/mol. The summed E-state index contributed by atoms with van der Waals surface area (Å²) >= 11 is 0. The zero-order valence-electron chi connectivity index (χ0n) is 14.0. The Kier molecular flexibility index (Phi) is 5.56. The molecule has 1 aromatic carbocycles. The smallest absolute Gasteiger partial charge is 0.243 e. The maximum absolute atomic E-state index is 12.6. The van der Waals surface area contributed by atoms with Gasteiger partial charge in [-0.05, 0) is 43.4 Å². The predicted octanol–water partition coefficient (Wildman–Crippen LogP) is 3.38. The first kappa shape index (κ1) is 17.4. The van der Waals surface area contributed by atoms with Crippen LogP contribution in [0.15, 0.2) is 29.2 Å². The Balaban J connectivity index is 1.61. The van der Waals surface area contributed by atoms with Crippen molar-refractivity contribution in [3.8, 4) is 0 Å². The third-order valence-corrected chi connectivity index (χ3v) is 6.97. The topological polar surface area (TPSA) is 66.5 Å². The van der Waals surface area contributed by atoms with Crippen molar-refractivity contribution in [1.29, 1.82) is 0 Å². The van der Waals surface area contributed by atoms with Crippen molar-refractivity contribution in [2.45, 2.75) is 56.3 Å². The van der Waals surface area contributed by atoms with E-state index in [4.69, 9.17) is 0 Å². The fraction of sp³-hybridized carbons (Fsp3) is 0.611. The standard InChI is InChI=1S/C18H26N2O3S/c21-18(11-10-15-6-1-2-7-15)19-16-8-5-9-17(14-16)24(22,23)20-12-3-4-13-20/h5,8-9,14-15H,1-4,6-7,10-13H2,(H,19,21). The van der Waals surface area contributed by atoms with E-state index >= 15 is 0 Å². The molecular weight excluding hydrogens is 324 g/mol. The van der Waals surface area contributed by atoms with Gasteiger partial charge >= 0.3 is 0 Å². The molecule has 1 amide bonds. The second-order valence-electron chi connectivity index (χ2n) is 6.88. The Morgan fingerprint density at radius 1 is 1.12 bits per heavy atom. The lowest BCUT2D eigenvalue weighted by atomic mass is 10.0. The molecule has 2 aliphatic rings. The van der Waals surface area contributed by atoms with Crippen LogP contribution in [0.25, 0.3) is 0 Å². The van der Waals surface area contributed by atoms with Gasteiger partial charge < -0.3 is 5.32 Å². The van der Waals surface area contributed by atoms with Gasteiger partial charge in [-0.25, -0.2) is 8.42 Å². The molecular formula is C18H26N2O3S. The summed E-state index contributed by atoms with van der Waals surface area (Å²) in [5.74, 6) is 0.648. The average molecular weight is 350 g/mol. The highest BCUT2D eigenvalue weighted by molar-refractivity contribution is 7.89. The molecule has 1 heterocycles. The van der Waals surface area contributed by atoms with Gasteiger partial charge in [0.25, 0.3) is 0 Å². The summed E-state index contributed by atoms with van der Waals surface area (Å²) in [6.07, 6.45) is 8.29. The fourth-order valence-corrected chi connectivity index (χ4v) is 5.23. The zero-order chi connectivity index (χ0) is 17.0. The number of hydrogen-bond donors (Lipinski definition) is 1. The number of nitrogens with zero attached hydrogens (tertiary/aromatic N) is 1. The fourth-order valence-electron chi connectivity index (χ4n) is 3.67. The molecule has 6 heteroatoms. The van der Waals surface area contributed by atoms with E-state index < -0.39 is 10.0 Å². The van der Waals surface area contributed by atoms with E-state index in [-0.39, 0.29) is 10.8 Å². The summed E-state index contributed by atoms with van der Waals surface area (Å²) < 4.78 is 26.7. The van der Waals surface area contributed by atoms with Crippen LogP contribution in [0.3, 0.4) is 0 Å². The average Bonchev–Trinajstić information content (AvgIpc) is 3.27. The first-order chi connectivity index (χ1) is 11.6. The van der Waals surface area contributed by atoms with Crippen LogP contribution in [0.2, 0.25) is 0 Å². The number of nitrogens with one attached hydrogen (secondary N) is 1. The van der Waals surface area contributed by atoms with Crippen molar-refractivity contribution in [2.75, 3.05) is 18.4 Å². The van der Waals surface area contributed by atoms with E-state index in [1.807, 2.05) is 0 Å². The highest BCUT2D eigenvalue weighted by Crippen LogP contribution is 2.29. The van der Waals surface area contributed by atoms with Crippen LogP contribution in [-0.4, -0.2) is 31.7 Å². The van der Waals surface area contributed by atoms with Crippen molar-refractivity contribution < 1.29 is 13.2 Å². The van der Waals surface area contributed by atoms with E-state index in [2.05, 4.69) is 5.32 Å². The van der Waals surface area contributed by atoms with Gasteiger partial charge in [0.15, 0.2) is 0 Å². The Labute approximate surface area is 144 Å². The number of carbonyl (C=O) groups is 1. The molecule has 5 nitrogen and oxygen atoms in total. The Bertz CT molecular complexity index is 675. The highest BCUT2D eigenvalue weighted by Gasteiger charge is 2.27. The summed E-state index contributed by atoms with van der Waals surface area (Å²) in [5.41, 5.74) is 0.562. The summed E-state index contributed by atoms with van der Waals surface area (Å²) in [5, 5.41) is 2.85. The van der Waals surface area contributed by atoms with Crippen molar-refractivity contribution >= 4 is 21.6 Å². The quantitative estimate of drug-likeness (QED) is 0.855. The van der Waals surface area contributed by atoms with Gasteiger partial charge in [-0.15, -0.1) is 0 Å². The van der Waals surface area contributed by atoms with Gasteiger partial charge in [0.05, 0.1) is 4.90 Å². The minimum atomic E-state index is -3.44. The van der Waals surface area contributed by atoms with E-state index in [1.54, 1.807) is 24.3 Å². The Morgan fingerprint density at radius 2 is 1.83 bits per heavy atom. The lowest BCUT2D eigenvalue weighted by molar-refractivity contribution is -0.116. The van der Waals surface area contributed by atoms with Gasteiger partial charge in [0, 0.05) is 25.2 Å². The third-order valence-electron chi connectivity index (χ3n) is 5.07. The summed E-state index contributed by atoms with van der Waals surface area (Å²) in [7, 11) is -3.44. The molecule has 1 aliphatic heterocycles. The largest absolute Gasteiger partial charge is 0.326 e. The van der Waals surface area contributed by atoms with Crippen molar-refractivity contribution in [3.05, 3.63) is 24.3 Å². The highest BCUT2D eigenvalue weighted by atomic mass is 32.2. The molecule has 0 radical (unpaired) electrons. The molecule has 0 bridgehead atoms. The number of rotatable bonds is 6. The summed E-state index contributed by atoms with van der Waals surface area (Å²) in [6, 6.07) is 6.61. The monoisotopic (exact) mass is 350 g/mol. The molecule has 2 fully saturated rings. The molecule has 3 rings (SSSR count). The SMILES string of the molecule is O=C(CCC1CCCC1)Nc1cccc(S(=O)(=O)N2CCCC2)c1. The van der Waals surface area contributed by atoms with Gasteiger partial charge in [0.2, 0.25) is 15.9 Å². The molecule has 1 aromatic rings. The van der Waals surface area contributed by atoms with Gasteiger partial charge in [-0.3, -0.25) is 4.79 Å². The molecule has 0 aromatic heterocycles. The number of benzene rings is 1. The molecule has 0 unspecified atom stereocenters. The number of sulfonamides is 1. The van der Waals surface area contributed by atoms with E-state index in [0.29, 0.717) is 31.1 Å². The Morgan fingerprint density at radius 3 is 2.54 bits per heavy atom. The second kappa shape index (κ2) is 7.66. The first-order valence-corrected chi connectivity index (χ1v) is 10.4. The van der Waals surface area contributed by atoms with Crippen LogP contribution in [0.1, 0.15) is 51.4 Å². The van der Waals surface area contributed by atoms with Gasteiger partial charge in [-0.1, -0.05) is 31.7 Å². The minimum absolute atomic E-state index is 0.0300. The molecule has 132 valence electrons. The molecule has 1 aliphatic carbocycles. The number of anilines is 1. The van der Waals surface area contributed by atoms with Crippen LogP contribution in [0, 0.1) is 5.92 Å². The summed E-state index contributed by atoms with van der Waals surface area (Å²) in [6.45, 7) is 1.17. The number of carbonyl (C=O) groups excluding carboxylic acids is 1. The molecule has 24 heavy (non-hydrogen) atoms. The van der Waals surface area contributed by atoms with Crippen molar-refractivity contribution in [1.82, 2.24) is 4.31 Å². The maximum atomic E-state index is 12.6. The van der Waals surface area contributed by atoms with Crippen LogP contribution >= 0.6 is 0 Å². The van der Waals surface area contributed by atoms with Gasteiger partial charge in [0.1, 0.15) is 0 Å². The van der Waals surface area contributed by atoms with Crippen LogP contribution in [0.4, 0.5) is 5.69 Å². The van der Waals surface area contributed by atoms with E-state index in [9.17, 15) is 13.2 Å². The lowest BCUT2D eigenvalue weighted by Gasteiger charge is -2.16. The van der Waals surface area contributed by atoms with E-state index in [0.717, 1.165) is 19.3 Å². The van der Waals surface area contributed by atoms with E-state index in [1.165, 1.54) is 30.0 Å². The normalized spacial score (nSPS) is 19.7. The Hall–Kier alpha value is -1.40. The first-order valence-electron chi connectivity index (χ1n) is 8.96. The van der Waals surface area contributed by atoms with Crippen LogP contribution in [0.5, 0.6) is 0 Å². The second-order valence-corrected chi connectivity index (χ2v) is 8.81.